The Hall–Kier alpha value is -7.04. The van der Waals surface area contributed by atoms with Crippen molar-refractivity contribution in [1.29, 1.82) is 0 Å². The van der Waals surface area contributed by atoms with Crippen LogP contribution in [0.4, 0.5) is 0 Å². The van der Waals surface area contributed by atoms with Crippen LogP contribution < -0.4 is 0 Å². The van der Waals surface area contributed by atoms with Gasteiger partial charge in [-0.2, -0.15) is 0 Å². The normalized spacial score (nSPS) is 12.2. The van der Waals surface area contributed by atoms with Gasteiger partial charge in [-0.3, -0.25) is 0 Å². The molecule has 0 aliphatic heterocycles. The van der Waals surface area contributed by atoms with E-state index in [1.165, 1.54) is 71.2 Å². The van der Waals surface area contributed by atoms with Crippen molar-refractivity contribution in [1.82, 2.24) is 19.1 Å². The lowest BCUT2D eigenvalue weighted by atomic mass is 9.98. The molecule has 0 amide bonds. The number of rotatable bonds is 4. The molecule has 0 N–H and O–H groups in total. The van der Waals surface area contributed by atoms with Gasteiger partial charge < -0.3 is 9.13 Å². The van der Waals surface area contributed by atoms with Crippen molar-refractivity contribution in [2.45, 2.75) is 0 Å². The second-order valence-electron chi connectivity index (χ2n) is 13.7. The molecular weight excluding hydrogens is 633 g/mol. The van der Waals surface area contributed by atoms with E-state index in [9.17, 15) is 0 Å². The summed E-state index contributed by atoms with van der Waals surface area (Å²) >= 11 is 0. The van der Waals surface area contributed by atoms with Crippen LogP contribution in [0.25, 0.3) is 110 Å². The van der Waals surface area contributed by atoms with Crippen LogP contribution >= 0.6 is 0 Å². The van der Waals surface area contributed by atoms with Crippen molar-refractivity contribution < 1.29 is 0 Å². The number of para-hydroxylation sites is 1. The van der Waals surface area contributed by atoms with E-state index in [0.717, 1.165) is 39.2 Å². The molecule has 52 heavy (non-hydrogen) atoms. The summed E-state index contributed by atoms with van der Waals surface area (Å²) in [6, 6.07) is 60.9. The van der Waals surface area contributed by atoms with E-state index in [0.29, 0.717) is 0 Å². The fraction of sp³-hybridized carbons (Fsp3) is 0. The van der Waals surface area contributed by atoms with Gasteiger partial charge in [-0.1, -0.05) is 115 Å². The summed E-state index contributed by atoms with van der Waals surface area (Å²) in [5.74, 6) is 0. The van der Waals surface area contributed by atoms with Crippen LogP contribution in [0.1, 0.15) is 0 Å². The molecule has 0 atom stereocenters. The van der Waals surface area contributed by atoms with Gasteiger partial charge in [-0.05, 0) is 71.1 Å². The Kier molecular flexibility index (Phi) is 5.47. The van der Waals surface area contributed by atoms with Gasteiger partial charge in [0.25, 0.3) is 0 Å². The largest absolute Gasteiger partial charge is 0.309 e. The van der Waals surface area contributed by atoms with E-state index in [1.807, 2.05) is 12.1 Å². The fourth-order valence-electron chi connectivity index (χ4n) is 8.87. The minimum Gasteiger partial charge on any atom is -0.309 e. The van der Waals surface area contributed by atoms with Gasteiger partial charge in [0.05, 0.1) is 44.5 Å². The van der Waals surface area contributed by atoms with Crippen molar-refractivity contribution in [3.63, 3.8) is 0 Å². The molecule has 0 bridgehead atoms. The summed E-state index contributed by atoms with van der Waals surface area (Å²) in [6.07, 6.45) is 0. The van der Waals surface area contributed by atoms with Crippen LogP contribution in [0.15, 0.2) is 170 Å². The summed E-state index contributed by atoms with van der Waals surface area (Å²) in [5, 5.41) is 7.79. The molecule has 0 unspecified atom stereocenters. The van der Waals surface area contributed by atoms with E-state index in [4.69, 9.17) is 9.97 Å². The highest BCUT2D eigenvalue weighted by Crippen LogP contribution is 2.51. The molecule has 0 saturated carbocycles. The van der Waals surface area contributed by atoms with Gasteiger partial charge in [-0.15, -0.1) is 0 Å². The highest BCUT2D eigenvalue weighted by Gasteiger charge is 2.27. The highest BCUT2D eigenvalue weighted by atomic mass is 15.0. The lowest BCUT2D eigenvalue weighted by Crippen LogP contribution is -1.98. The quantitative estimate of drug-likeness (QED) is 0.188. The van der Waals surface area contributed by atoms with Crippen LogP contribution in [-0.4, -0.2) is 19.1 Å². The Morgan fingerprint density at radius 2 is 0.827 bits per heavy atom. The molecule has 0 spiro atoms. The molecule has 1 aliphatic rings. The molecule has 0 saturated heterocycles. The minimum absolute atomic E-state index is 0.865. The second kappa shape index (κ2) is 10.3. The van der Waals surface area contributed by atoms with Crippen molar-refractivity contribution in [2.75, 3.05) is 0 Å². The van der Waals surface area contributed by atoms with Gasteiger partial charge >= 0.3 is 0 Å². The molecule has 8 aromatic carbocycles. The van der Waals surface area contributed by atoms with E-state index in [-0.39, 0.29) is 0 Å². The molecular formula is C48H28N4. The number of aromatic nitrogens is 4. The zero-order chi connectivity index (χ0) is 33.9. The molecule has 3 aromatic heterocycles. The number of nitrogens with zero attached hydrogens (tertiary/aromatic N) is 4. The lowest BCUT2D eigenvalue weighted by molar-refractivity contribution is 1.18. The molecule has 4 nitrogen and oxygen atoms in total. The standard InChI is InChI=1S/C48H28N4/c1-4-12-30(13-5-1)47-48(31-14-6-2-7-15-31)50-37-28-33(24-25-36(37)49-47)52-39-21-11-19-35-34-18-10-20-38-43(34)45-40(51(38)32-16-8-3-9-17-32)26-22-29-23-27-41(52)46(42(29)45)44(35)39/h1-28H. The van der Waals surface area contributed by atoms with Gasteiger partial charge in [0.1, 0.15) is 0 Å². The lowest BCUT2D eigenvalue weighted by Gasteiger charge is -2.13. The van der Waals surface area contributed by atoms with Crippen molar-refractivity contribution in [3.05, 3.63) is 170 Å². The monoisotopic (exact) mass is 660 g/mol. The third-order valence-electron chi connectivity index (χ3n) is 11.0. The van der Waals surface area contributed by atoms with Gasteiger partial charge in [0.15, 0.2) is 0 Å². The van der Waals surface area contributed by atoms with Crippen LogP contribution in [0.2, 0.25) is 0 Å². The van der Waals surface area contributed by atoms with E-state index < -0.39 is 0 Å². The number of fused-ring (bicyclic) bond motifs is 2. The first-order chi connectivity index (χ1) is 25.8. The molecule has 12 rings (SSSR count). The third-order valence-corrected chi connectivity index (χ3v) is 11.0. The van der Waals surface area contributed by atoms with Crippen molar-refractivity contribution in [3.8, 4) is 45.0 Å². The molecule has 240 valence electrons. The number of hydrogen-bond donors (Lipinski definition) is 0. The molecule has 0 fully saturated rings. The molecule has 3 heterocycles. The summed E-state index contributed by atoms with van der Waals surface area (Å²) < 4.78 is 4.87. The van der Waals surface area contributed by atoms with Gasteiger partial charge in [0.2, 0.25) is 0 Å². The van der Waals surface area contributed by atoms with Crippen LogP contribution in [-0.2, 0) is 0 Å². The average Bonchev–Trinajstić information content (AvgIpc) is 3.70. The Morgan fingerprint density at radius 3 is 1.40 bits per heavy atom. The van der Waals surface area contributed by atoms with E-state index >= 15 is 0 Å². The maximum absolute atomic E-state index is 5.35. The van der Waals surface area contributed by atoms with Crippen LogP contribution in [0.3, 0.4) is 0 Å². The Bertz CT molecular complexity index is 3270. The molecule has 11 aromatic rings. The zero-order valence-electron chi connectivity index (χ0n) is 28.0. The summed E-state index contributed by atoms with van der Waals surface area (Å²) in [6.45, 7) is 0. The van der Waals surface area contributed by atoms with Crippen molar-refractivity contribution in [2.24, 2.45) is 0 Å². The van der Waals surface area contributed by atoms with Gasteiger partial charge in [0, 0.05) is 49.4 Å². The third kappa shape index (κ3) is 3.65. The first-order valence-corrected chi connectivity index (χ1v) is 17.8. The molecule has 1 aliphatic carbocycles. The first-order valence-electron chi connectivity index (χ1n) is 17.8. The Balaban J connectivity index is 1.18. The average molecular weight is 661 g/mol. The SMILES string of the molecule is c1ccc(-c2nc3ccc(-n4c5cccc6c5c5c7c(ccc8c7c7c-6cccc7n8-c6ccccc6)ccc54)cc3nc2-c2ccccc2)cc1. The fourth-order valence-corrected chi connectivity index (χ4v) is 8.87. The molecule has 4 heteroatoms. The first kappa shape index (κ1) is 27.7. The summed E-state index contributed by atoms with van der Waals surface area (Å²) in [5.41, 5.74) is 15.2. The second-order valence-corrected chi connectivity index (χ2v) is 13.7. The van der Waals surface area contributed by atoms with Gasteiger partial charge in [-0.25, -0.2) is 9.97 Å². The maximum atomic E-state index is 5.35. The minimum atomic E-state index is 0.865. The molecule has 0 radical (unpaired) electrons. The Morgan fingerprint density at radius 1 is 0.327 bits per heavy atom. The smallest absolute Gasteiger partial charge is 0.0973 e. The highest BCUT2D eigenvalue weighted by molar-refractivity contribution is 6.38. The topological polar surface area (TPSA) is 35.6 Å². The number of benzene rings is 8. The van der Waals surface area contributed by atoms with E-state index in [1.54, 1.807) is 0 Å². The predicted molar refractivity (Wildman–Crippen MR) is 216 cm³/mol. The predicted octanol–water partition coefficient (Wildman–Crippen LogP) is 12.3. The summed E-state index contributed by atoms with van der Waals surface area (Å²) in [7, 11) is 0. The zero-order valence-corrected chi connectivity index (χ0v) is 28.0. The van der Waals surface area contributed by atoms with Crippen LogP contribution in [0.5, 0.6) is 0 Å². The van der Waals surface area contributed by atoms with Crippen LogP contribution in [0, 0.1) is 0 Å². The van der Waals surface area contributed by atoms with E-state index in [2.05, 4.69) is 167 Å². The Labute approximate surface area is 298 Å². The number of hydrogen-bond acceptors (Lipinski definition) is 2. The van der Waals surface area contributed by atoms with Crippen molar-refractivity contribution >= 4 is 65.4 Å². The summed E-state index contributed by atoms with van der Waals surface area (Å²) in [4.78, 5) is 10.6. The maximum Gasteiger partial charge on any atom is 0.0973 e.